The Hall–Kier alpha value is -0.0900. The minimum absolute atomic E-state index is 0.221. The minimum Gasteiger partial charge on any atom is -0.112 e. The second kappa shape index (κ2) is 3.75. The van der Waals surface area contributed by atoms with Crippen molar-refractivity contribution < 1.29 is 0 Å². The van der Waals surface area contributed by atoms with Crippen LogP contribution in [0.25, 0.3) is 0 Å². The zero-order valence-electron chi connectivity index (χ0n) is 8.59. The van der Waals surface area contributed by atoms with Gasteiger partial charge in [-0.2, -0.15) is 0 Å². The lowest BCUT2D eigenvalue weighted by molar-refractivity contribution is 0.526. The van der Waals surface area contributed by atoms with E-state index >= 15 is 0 Å². The highest BCUT2D eigenvalue weighted by molar-refractivity contribution is 7.56. The van der Waals surface area contributed by atoms with Gasteiger partial charge in [0.15, 0.2) is 0 Å². The molecule has 0 heterocycles. The maximum absolute atomic E-state index is 2.36. The molecule has 12 heavy (non-hydrogen) atoms. The molecule has 0 radical (unpaired) electrons. The summed E-state index contributed by atoms with van der Waals surface area (Å²) in [4.78, 5) is 0. The molecular weight excluding hydrogens is 163 g/mol. The van der Waals surface area contributed by atoms with Crippen molar-refractivity contribution in [3.8, 4) is 0 Å². The van der Waals surface area contributed by atoms with Gasteiger partial charge >= 0.3 is 0 Å². The van der Waals surface area contributed by atoms with Crippen molar-refractivity contribution in [2.75, 3.05) is 19.5 Å². The van der Waals surface area contributed by atoms with Crippen LogP contribution >= 0.6 is 7.92 Å². The molecule has 1 heteroatoms. The fourth-order valence-corrected chi connectivity index (χ4v) is 3.61. The molecule has 0 fully saturated rings. The van der Waals surface area contributed by atoms with Crippen molar-refractivity contribution in [1.29, 1.82) is 0 Å². The first-order chi connectivity index (χ1) is 5.52. The van der Waals surface area contributed by atoms with Crippen LogP contribution < -0.4 is 0 Å². The Morgan fingerprint density at radius 2 is 2.08 bits per heavy atom. The van der Waals surface area contributed by atoms with E-state index in [4.69, 9.17) is 0 Å². The Morgan fingerprint density at radius 1 is 1.42 bits per heavy atom. The summed E-state index contributed by atoms with van der Waals surface area (Å²) in [5, 5.41) is 0. The molecule has 0 unspecified atom stereocenters. The van der Waals surface area contributed by atoms with Crippen molar-refractivity contribution in [3.05, 3.63) is 23.8 Å². The molecule has 0 nitrogen and oxygen atoms in total. The molecule has 68 valence electrons. The summed E-state index contributed by atoms with van der Waals surface area (Å²) in [5.41, 5.74) is 1.95. The van der Waals surface area contributed by atoms with Crippen LogP contribution in [0.15, 0.2) is 23.8 Å². The molecule has 0 spiro atoms. The first-order valence-corrected chi connectivity index (χ1v) is 6.96. The van der Waals surface area contributed by atoms with E-state index in [1.807, 2.05) is 0 Å². The first kappa shape index (κ1) is 9.99. The zero-order chi connectivity index (χ0) is 9.19. The van der Waals surface area contributed by atoms with Crippen LogP contribution in [-0.2, 0) is 0 Å². The topological polar surface area (TPSA) is 0 Å². The number of allylic oxidation sites excluding steroid dienone is 4. The van der Waals surface area contributed by atoms with E-state index in [0.29, 0.717) is 5.41 Å². The summed E-state index contributed by atoms with van der Waals surface area (Å²) in [5.74, 6) is 0. The van der Waals surface area contributed by atoms with Crippen molar-refractivity contribution in [2.24, 2.45) is 5.41 Å². The van der Waals surface area contributed by atoms with Gasteiger partial charge in [0, 0.05) is 0 Å². The lowest BCUT2D eigenvalue weighted by atomic mass is 9.87. The van der Waals surface area contributed by atoms with E-state index in [1.54, 1.807) is 5.57 Å². The van der Waals surface area contributed by atoms with Gasteiger partial charge in [0.05, 0.1) is 0 Å². The Labute approximate surface area is 77.5 Å². The predicted molar refractivity (Wildman–Crippen MR) is 59.3 cm³/mol. The molecule has 0 aliphatic heterocycles. The van der Waals surface area contributed by atoms with Gasteiger partial charge in [0.1, 0.15) is 0 Å². The summed E-state index contributed by atoms with van der Waals surface area (Å²) < 4.78 is 0. The fraction of sp³-hybridized carbons (Fsp3) is 0.636. The predicted octanol–water partition coefficient (Wildman–Crippen LogP) is 3.64. The van der Waals surface area contributed by atoms with Gasteiger partial charge in [-0.1, -0.05) is 32.1 Å². The number of rotatable bonds is 3. The van der Waals surface area contributed by atoms with E-state index in [-0.39, 0.29) is 7.92 Å². The molecule has 1 rings (SSSR count). The molecule has 1 aliphatic carbocycles. The van der Waals surface area contributed by atoms with Crippen molar-refractivity contribution in [3.63, 3.8) is 0 Å². The molecule has 0 aromatic heterocycles. The van der Waals surface area contributed by atoms with Crippen LogP contribution in [0.4, 0.5) is 0 Å². The van der Waals surface area contributed by atoms with E-state index in [0.717, 1.165) is 6.42 Å². The van der Waals surface area contributed by atoms with Crippen LogP contribution in [0.2, 0.25) is 0 Å². The highest BCUT2D eigenvalue weighted by Crippen LogP contribution is 2.40. The lowest BCUT2D eigenvalue weighted by Gasteiger charge is -2.27. The highest BCUT2D eigenvalue weighted by Gasteiger charge is 2.23. The summed E-state index contributed by atoms with van der Waals surface area (Å²) >= 11 is 0. The molecule has 0 atom stereocenters. The van der Waals surface area contributed by atoms with Gasteiger partial charge in [-0.25, -0.2) is 0 Å². The number of hydrogen-bond acceptors (Lipinski definition) is 0. The Morgan fingerprint density at radius 3 is 2.50 bits per heavy atom. The fourth-order valence-electron chi connectivity index (χ4n) is 1.84. The van der Waals surface area contributed by atoms with Crippen molar-refractivity contribution in [1.82, 2.24) is 0 Å². The second-order valence-corrected chi connectivity index (χ2v) is 6.89. The highest BCUT2D eigenvalue weighted by atomic mass is 31.1. The lowest BCUT2D eigenvalue weighted by Crippen LogP contribution is -2.17. The van der Waals surface area contributed by atoms with Gasteiger partial charge in [-0.3, -0.25) is 0 Å². The van der Waals surface area contributed by atoms with Gasteiger partial charge in [0.2, 0.25) is 0 Å². The standard InChI is InChI=1S/C11H19P/c1-11(2,9-12(3)4)10-7-5-6-8-10/h5,7-8H,6,9H2,1-4H3. The first-order valence-electron chi connectivity index (χ1n) is 4.54. The van der Waals surface area contributed by atoms with Gasteiger partial charge in [0.25, 0.3) is 0 Å². The Bertz CT molecular complexity index is 209. The third kappa shape index (κ3) is 2.45. The Kier molecular flexibility index (Phi) is 3.12. The van der Waals surface area contributed by atoms with Gasteiger partial charge in [-0.05, 0) is 36.9 Å². The van der Waals surface area contributed by atoms with E-state index in [1.165, 1.54) is 6.16 Å². The molecule has 0 saturated heterocycles. The van der Waals surface area contributed by atoms with E-state index in [9.17, 15) is 0 Å². The third-order valence-corrected chi connectivity index (χ3v) is 3.69. The smallest absolute Gasteiger partial charge is 0.00677 e. The largest absolute Gasteiger partial charge is 0.112 e. The summed E-state index contributed by atoms with van der Waals surface area (Å²) in [6.45, 7) is 9.43. The van der Waals surface area contributed by atoms with Crippen LogP contribution in [0.1, 0.15) is 20.3 Å². The average Bonchev–Trinajstić information content (AvgIpc) is 2.32. The SMILES string of the molecule is CP(C)CC(C)(C)C1=CCC=C1. The molecule has 0 aromatic rings. The monoisotopic (exact) mass is 182 g/mol. The van der Waals surface area contributed by atoms with Crippen LogP contribution in [-0.4, -0.2) is 19.5 Å². The van der Waals surface area contributed by atoms with E-state index < -0.39 is 0 Å². The third-order valence-electron chi connectivity index (χ3n) is 2.26. The van der Waals surface area contributed by atoms with Gasteiger partial charge < -0.3 is 0 Å². The van der Waals surface area contributed by atoms with Crippen LogP contribution in [0.5, 0.6) is 0 Å². The molecule has 0 saturated carbocycles. The van der Waals surface area contributed by atoms with Crippen molar-refractivity contribution >= 4 is 7.92 Å². The summed E-state index contributed by atoms with van der Waals surface area (Å²) in [6, 6.07) is 0. The quantitative estimate of drug-likeness (QED) is 0.584. The molecule has 0 N–H and O–H groups in total. The van der Waals surface area contributed by atoms with Crippen molar-refractivity contribution in [2.45, 2.75) is 20.3 Å². The van der Waals surface area contributed by atoms with Crippen LogP contribution in [0, 0.1) is 5.41 Å². The van der Waals surface area contributed by atoms with Crippen LogP contribution in [0.3, 0.4) is 0 Å². The maximum atomic E-state index is 2.36. The molecule has 0 bridgehead atoms. The minimum atomic E-state index is 0.221. The summed E-state index contributed by atoms with van der Waals surface area (Å²) in [7, 11) is 0.221. The summed E-state index contributed by atoms with van der Waals surface area (Å²) in [6.07, 6.45) is 9.39. The maximum Gasteiger partial charge on any atom is -0.00677 e. The molecule has 0 amide bonds. The number of hydrogen-bond donors (Lipinski definition) is 0. The van der Waals surface area contributed by atoms with E-state index in [2.05, 4.69) is 45.4 Å². The Balaban J connectivity index is 2.64. The molecule has 1 aliphatic rings. The normalized spacial score (nSPS) is 17.2. The van der Waals surface area contributed by atoms with Gasteiger partial charge in [-0.15, -0.1) is 7.92 Å². The average molecular weight is 182 g/mol. The zero-order valence-corrected chi connectivity index (χ0v) is 9.49. The molecular formula is C11H19P. The molecule has 0 aromatic carbocycles. The second-order valence-electron chi connectivity index (χ2n) is 4.42.